The first kappa shape index (κ1) is 19.2. The number of amides is 1. The van der Waals surface area contributed by atoms with Gasteiger partial charge in [-0.15, -0.1) is 0 Å². The van der Waals surface area contributed by atoms with Gasteiger partial charge in [-0.05, 0) is 6.42 Å². The molecule has 0 unspecified atom stereocenters. The van der Waals surface area contributed by atoms with E-state index in [-0.39, 0.29) is 6.54 Å². The van der Waals surface area contributed by atoms with Crippen LogP contribution in [0.1, 0.15) is 26.2 Å². The van der Waals surface area contributed by atoms with Crippen molar-refractivity contribution in [1.82, 2.24) is 5.32 Å². The number of nitrogens with two attached hydrogens (primary N) is 1. The molecule has 9 nitrogen and oxygen atoms in total. The molecule has 1 amide bonds. The summed E-state index contributed by atoms with van der Waals surface area (Å²) in [7, 11) is 0. The van der Waals surface area contributed by atoms with Crippen molar-refractivity contribution in [2.24, 2.45) is 5.73 Å². The normalized spacial score (nSPS) is 10.6. The van der Waals surface area contributed by atoms with Crippen molar-refractivity contribution in [3.05, 3.63) is 0 Å². The second-order valence-corrected chi connectivity index (χ2v) is 3.40. The zero-order valence-corrected chi connectivity index (χ0v) is 10.5. The molecule has 9 heteroatoms. The Kier molecular flexibility index (Phi) is 11.1. The number of carboxylic acid groups (broad SMARTS) is 3. The van der Waals surface area contributed by atoms with Crippen molar-refractivity contribution >= 4 is 23.8 Å². The second kappa shape index (κ2) is 11.0. The predicted octanol–water partition coefficient (Wildman–Crippen LogP) is -1.14. The van der Waals surface area contributed by atoms with Crippen LogP contribution in [0.25, 0.3) is 0 Å². The van der Waals surface area contributed by atoms with Crippen LogP contribution < -0.4 is 11.1 Å². The van der Waals surface area contributed by atoms with Gasteiger partial charge in [-0.3, -0.25) is 14.4 Å². The first-order valence-corrected chi connectivity index (χ1v) is 5.40. The highest BCUT2D eigenvalue weighted by molar-refractivity contribution is 5.87. The van der Waals surface area contributed by atoms with Gasteiger partial charge in [-0.25, -0.2) is 4.79 Å². The van der Waals surface area contributed by atoms with Gasteiger partial charge in [0.15, 0.2) is 0 Å². The Hall–Kier alpha value is -2.16. The van der Waals surface area contributed by atoms with Gasteiger partial charge in [0, 0.05) is 6.42 Å². The summed E-state index contributed by atoms with van der Waals surface area (Å²) in [5.74, 6) is -4.11. The van der Waals surface area contributed by atoms with Crippen LogP contribution >= 0.6 is 0 Å². The van der Waals surface area contributed by atoms with Crippen LogP contribution in [-0.4, -0.2) is 51.7 Å². The predicted molar refractivity (Wildman–Crippen MR) is 63.4 cm³/mol. The maximum absolute atomic E-state index is 10.6. The summed E-state index contributed by atoms with van der Waals surface area (Å²) in [5, 5.41) is 26.6. The standard InChI is InChI=1S/C6H10N2O5.C4H8O2/c7-2-4(9)8-3(6(12)13)1-5(10)11;1-2-3-4(5)6/h3H,1-2,7H2,(H,8,9)(H,10,11)(H,12,13);2-3H2,1H3,(H,5,6)/t3-;/m0./s1. The number of carboxylic acids is 3. The van der Waals surface area contributed by atoms with E-state index in [0.717, 1.165) is 6.42 Å². The largest absolute Gasteiger partial charge is 0.481 e. The van der Waals surface area contributed by atoms with Crippen LogP contribution in [0, 0.1) is 0 Å². The van der Waals surface area contributed by atoms with Gasteiger partial charge in [-0.1, -0.05) is 6.92 Å². The molecule has 0 aliphatic rings. The Morgan fingerprint density at radius 2 is 1.63 bits per heavy atom. The van der Waals surface area contributed by atoms with Gasteiger partial charge in [0.05, 0.1) is 13.0 Å². The Morgan fingerprint density at radius 3 is 1.84 bits per heavy atom. The summed E-state index contributed by atoms with van der Waals surface area (Å²) in [6, 6.07) is -1.42. The molecule has 0 aromatic carbocycles. The van der Waals surface area contributed by atoms with E-state index in [1.54, 1.807) is 0 Å². The van der Waals surface area contributed by atoms with Crippen LogP contribution in [0.2, 0.25) is 0 Å². The molecule has 0 heterocycles. The van der Waals surface area contributed by atoms with E-state index < -0.39 is 36.3 Å². The molecule has 0 radical (unpaired) electrons. The fourth-order valence-electron chi connectivity index (χ4n) is 0.842. The molecule has 19 heavy (non-hydrogen) atoms. The molecule has 110 valence electrons. The van der Waals surface area contributed by atoms with E-state index in [9.17, 15) is 19.2 Å². The second-order valence-electron chi connectivity index (χ2n) is 3.40. The summed E-state index contributed by atoms with van der Waals surface area (Å²) < 4.78 is 0. The minimum absolute atomic E-state index is 0.292. The van der Waals surface area contributed by atoms with Gasteiger partial charge in [0.2, 0.25) is 5.91 Å². The monoisotopic (exact) mass is 278 g/mol. The molecule has 6 N–H and O–H groups in total. The molecule has 0 aromatic rings. The van der Waals surface area contributed by atoms with E-state index >= 15 is 0 Å². The summed E-state index contributed by atoms with van der Waals surface area (Å²) in [6.07, 6.45) is 0.358. The highest BCUT2D eigenvalue weighted by atomic mass is 16.4. The number of nitrogens with one attached hydrogen (secondary N) is 1. The molecule has 0 fully saturated rings. The summed E-state index contributed by atoms with van der Waals surface area (Å²) in [5.41, 5.74) is 4.90. The van der Waals surface area contributed by atoms with Crippen LogP contribution in [0.4, 0.5) is 0 Å². The Labute approximate surface area is 109 Å². The fraction of sp³-hybridized carbons (Fsp3) is 0.600. The number of carbonyl (C=O) groups is 4. The first-order chi connectivity index (χ1) is 8.74. The minimum Gasteiger partial charge on any atom is -0.481 e. The lowest BCUT2D eigenvalue weighted by Gasteiger charge is -2.10. The molecule has 0 spiro atoms. The van der Waals surface area contributed by atoms with Crippen molar-refractivity contribution in [1.29, 1.82) is 0 Å². The SMILES string of the molecule is CCCC(=O)O.NCC(=O)N[C@@H](CC(=O)O)C(=O)O. The summed E-state index contributed by atoms with van der Waals surface area (Å²) >= 11 is 0. The number of hydrogen-bond donors (Lipinski definition) is 5. The number of aliphatic carboxylic acids is 3. The molecule has 0 aliphatic carbocycles. The minimum atomic E-state index is -1.42. The lowest BCUT2D eigenvalue weighted by Crippen LogP contribution is -2.44. The van der Waals surface area contributed by atoms with Crippen molar-refractivity contribution in [2.75, 3.05) is 6.54 Å². The van der Waals surface area contributed by atoms with Crippen LogP contribution in [-0.2, 0) is 19.2 Å². The Balaban J connectivity index is 0. The van der Waals surface area contributed by atoms with Crippen LogP contribution in [0.3, 0.4) is 0 Å². The van der Waals surface area contributed by atoms with E-state index in [4.69, 9.17) is 21.1 Å². The van der Waals surface area contributed by atoms with Crippen molar-refractivity contribution in [3.63, 3.8) is 0 Å². The van der Waals surface area contributed by atoms with E-state index in [1.165, 1.54) is 0 Å². The molecule has 0 aromatic heterocycles. The molecule has 0 bridgehead atoms. The van der Waals surface area contributed by atoms with Gasteiger partial charge >= 0.3 is 17.9 Å². The lowest BCUT2D eigenvalue weighted by molar-refractivity contribution is -0.147. The molecular formula is C10H18N2O7. The van der Waals surface area contributed by atoms with Gasteiger partial charge in [0.25, 0.3) is 0 Å². The molecule has 0 saturated heterocycles. The van der Waals surface area contributed by atoms with Crippen molar-refractivity contribution < 1.29 is 34.5 Å². The third-order valence-electron chi connectivity index (χ3n) is 1.66. The third kappa shape index (κ3) is 13.8. The first-order valence-electron chi connectivity index (χ1n) is 5.40. The molecular weight excluding hydrogens is 260 g/mol. The van der Waals surface area contributed by atoms with Gasteiger partial charge < -0.3 is 26.4 Å². The van der Waals surface area contributed by atoms with E-state index in [0.29, 0.717) is 6.42 Å². The van der Waals surface area contributed by atoms with Crippen LogP contribution in [0.5, 0.6) is 0 Å². The Bertz CT molecular complexity index is 330. The average Bonchev–Trinajstić information content (AvgIpc) is 2.27. The molecule has 0 rings (SSSR count). The highest BCUT2D eigenvalue weighted by Crippen LogP contribution is 1.92. The highest BCUT2D eigenvalue weighted by Gasteiger charge is 2.22. The fourth-order valence-corrected chi connectivity index (χ4v) is 0.842. The number of rotatable bonds is 7. The summed E-state index contributed by atoms with van der Waals surface area (Å²) in [6.45, 7) is 1.47. The van der Waals surface area contributed by atoms with E-state index in [2.05, 4.69) is 0 Å². The van der Waals surface area contributed by atoms with Crippen LogP contribution in [0.15, 0.2) is 0 Å². The Morgan fingerprint density at radius 1 is 1.11 bits per heavy atom. The van der Waals surface area contributed by atoms with Gasteiger partial charge in [0.1, 0.15) is 6.04 Å². The third-order valence-corrected chi connectivity index (χ3v) is 1.66. The quantitative estimate of drug-likeness (QED) is 0.389. The number of carbonyl (C=O) groups excluding carboxylic acids is 1. The van der Waals surface area contributed by atoms with Crippen molar-refractivity contribution in [3.8, 4) is 0 Å². The molecule has 0 aliphatic heterocycles. The topological polar surface area (TPSA) is 167 Å². The zero-order chi connectivity index (χ0) is 15.4. The average molecular weight is 278 g/mol. The lowest BCUT2D eigenvalue weighted by atomic mass is 10.2. The molecule has 0 saturated carbocycles. The van der Waals surface area contributed by atoms with E-state index in [1.807, 2.05) is 12.2 Å². The summed E-state index contributed by atoms with van der Waals surface area (Å²) in [4.78, 5) is 40.7. The number of hydrogen-bond acceptors (Lipinski definition) is 5. The smallest absolute Gasteiger partial charge is 0.326 e. The van der Waals surface area contributed by atoms with Crippen molar-refractivity contribution in [2.45, 2.75) is 32.2 Å². The zero-order valence-electron chi connectivity index (χ0n) is 10.5. The maximum atomic E-state index is 10.6. The maximum Gasteiger partial charge on any atom is 0.326 e. The van der Waals surface area contributed by atoms with Gasteiger partial charge in [-0.2, -0.15) is 0 Å². The molecule has 1 atom stereocenters.